The number of piperidine rings is 1. The summed E-state index contributed by atoms with van der Waals surface area (Å²) in [6.45, 7) is 1.52. The van der Waals surface area contributed by atoms with Crippen LogP contribution in [0.3, 0.4) is 0 Å². The van der Waals surface area contributed by atoms with Crippen molar-refractivity contribution in [2.24, 2.45) is 0 Å². The Morgan fingerprint density at radius 1 is 1.26 bits per heavy atom. The number of hydrogen-bond donors (Lipinski definition) is 2. The summed E-state index contributed by atoms with van der Waals surface area (Å²) in [4.78, 5) is 12.5. The molecule has 0 saturated carbocycles. The molecule has 2 N–H and O–H groups in total. The Labute approximate surface area is 110 Å². The summed E-state index contributed by atoms with van der Waals surface area (Å²) in [6.07, 6.45) is 0.366. The van der Waals surface area contributed by atoms with Gasteiger partial charge in [0.15, 0.2) is 0 Å². The van der Waals surface area contributed by atoms with E-state index in [4.69, 9.17) is 0 Å². The Balaban J connectivity index is 2.13. The fourth-order valence-corrected chi connectivity index (χ4v) is 2.37. The summed E-state index contributed by atoms with van der Waals surface area (Å²) in [7, 11) is 0. The summed E-state index contributed by atoms with van der Waals surface area (Å²) >= 11 is 0. The molecule has 2 rings (SSSR count). The molecule has 1 aliphatic rings. The van der Waals surface area contributed by atoms with Crippen LogP contribution in [-0.4, -0.2) is 35.2 Å². The lowest BCUT2D eigenvalue weighted by molar-refractivity contribution is 0.109. The van der Waals surface area contributed by atoms with Crippen LogP contribution in [0, 0.1) is 11.6 Å². The van der Waals surface area contributed by atoms with Gasteiger partial charge in [-0.25, -0.2) is 13.6 Å². The predicted octanol–water partition coefficient (Wildman–Crippen LogP) is 2.20. The highest BCUT2D eigenvalue weighted by atomic mass is 19.1. The first kappa shape index (κ1) is 13.7. The fraction of sp³-hybridized carbons (Fsp3) is 0.462. The molecule has 0 aromatic heterocycles. The summed E-state index contributed by atoms with van der Waals surface area (Å²) in [5.74, 6) is -1.38. The number of nitrogens with zero attached hydrogens (tertiary/aromatic N) is 1. The van der Waals surface area contributed by atoms with E-state index in [9.17, 15) is 18.7 Å². The van der Waals surface area contributed by atoms with Crippen LogP contribution < -0.4 is 5.32 Å². The molecule has 0 aliphatic carbocycles. The fourth-order valence-electron chi connectivity index (χ4n) is 2.37. The van der Waals surface area contributed by atoms with Crippen LogP contribution >= 0.6 is 0 Å². The normalized spacial score (nSPS) is 16.3. The number of rotatable bonds is 3. The second-order valence-corrected chi connectivity index (χ2v) is 4.67. The van der Waals surface area contributed by atoms with E-state index in [1.807, 2.05) is 0 Å². The minimum absolute atomic E-state index is 0.00861. The lowest BCUT2D eigenvalue weighted by Crippen LogP contribution is -2.45. The van der Waals surface area contributed by atoms with E-state index in [0.717, 1.165) is 19.2 Å². The van der Waals surface area contributed by atoms with Crippen LogP contribution in [0.25, 0.3) is 0 Å². The smallest absolute Gasteiger partial charge is 0.407 e. The van der Waals surface area contributed by atoms with Crippen LogP contribution in [0.2, 0.25) is 0 Å². The number of benzene rings is 1. The number of halogens is 2. The average Bonchev–Trinajstić information content (AvgIpc) is 2.35. The van der Waals surface area contributed by atoms with Gasteiger partial charge in [0, 0.05) is 18.7 Å². The Bertz CT molecular complexity index is 442. The van der Waals surface area contributed by atoms with Crippen molar-refractivity contribution in [2.75, 3.05) is 13.1 Å². The van der Waals surface area contributed by atoms with E-state index in [1.165, 1.54) is 17.0 Å². The second-order valence-electron chi connectivity index (χ2n) is 4.67. The van der Waals surface area contributed by atoms with Crippen molar-refractivity contribution in [1.29, 1.82) is 0 Å². The maximum atomic E-state index is 13.1. The maximum absolute atomic E-state index is 13.1. The Morgan fingerprint density at radius 3 is 2.37 bits per heavy atom. The summed E-state index contributed by atoms with van der Waals surface area (Å²) in [5, 5.41) is 12.4. The highest BCUT2D eigenvalue weighted by Crippen LogP contribution is 2.17. The van der Waals surface area contributed by atoms with Crippen LogP contribution in [0.5, 0.6) is 0 Å². The van der Waals surface area contributed by atoms with Crippen LogP contribution in [0.15, 0.2) is 18.2 Å². The van der Waals surface area contributed by atoms with Gasteiger partial charge in [0.25, 0.3) is 0 Å². The van der Waals surface area contributed by atoms with Gasteiger partial charge >= 0.3 is 6.09 Å². The molecule has 1 heterocycles. The predicted molar refractivity (Wildman–Crippen MR) is 65.8 cm³/mol. The van der Waals surface area contributed by atoms with Crippen LogP contribution in [-0.2, 0) is 6.54 Å². The molecule has 6 heteroatoms. The number of nitrogens with one attached hydrogen (secondary N) is 1. The van der Waals surface area contributed by atoms with Gasteiger partial charge in [0.2, 0.25) is 0 Å². The monoisotopic (exact) mass is 270 g/mol. The first-order chi connectivity index (χ1) is 9.06. The number of amides is 1. The van der Waals surface area contributed by atoms with Crippen molar-refractivity contribution in [1.82, 2.24) is 10.2 Å². The third-order valence-corrected chi connectivity index (χ3v) is 3.27. The summed E-state index contributed by atoms with van der Waals surface area (Å²) in [6, 6.07) is 3.00. The molecule has 1 aromatic carbocycles. The zero-order valence-electron chi connectivity index (χ0n) is 10.4. The van der Waals surface area contributed by atoms with Gasteiger partial charge in [-0.3, -0.25) is 0 Å². The van der Waals surface area contributed by atoms with Crippen molar-refractivity contribution in [3.63, 3.8) is 0 Å². The third kappa shape index (κ3) is 3.64. The van der Waals surface area contributed by atoms with E-state index >= 15 is 0 Å². The van der Waals surface area contributed by atoms with E-state index in [0.29, 0.717) is 18.4 Å². The zero-order chi connectivity index (χ0) is 13.8. The molecule has 4 nitrogen and oxygen atoms in total. The van der Waals surface area contributed by atoms with Crippen molar-refractivity contribution in [3.8, 4) is 0 Å². The molecular formula is C13H16F2N2O2. The Morgan fingerprint density at radius 2 is 1.84 bits per heavy atom. The molecule has 1 saturated heterocycles. The summed E-state index contributed by atoms with van der Waals surface area (Å²) < 4.78 is 26.2. The number of carbonyl (C=O) groups is 1. The molecule has 104 valence electrons. The van der Waals surface area contributed by atoms with Gasteiger partial charge in [0.1, 0.15) is 11.6 Å². The van der Waals surface area contributed by atoms with Gasteiger partial charge in [-0.05, 0) is 43.6 Å². The number of carboxylic acid groups (broad SMARTS) is 1. The molecule has 0 unspecified atom stereocenters. The third-order valence-electron chi connectivity index (χ3n) is 3.27. The van der Waals surface area contributed by atoms with Crippen molar-refractivity contribution in [3.05, 3.63) is 35.4 Å². The first-order valence-corrected chi connectivity index (χ1v) is 6.21. The first-order valence-electron chi connectivity index (χ1n) is 6.21. The van der Waals surface area contributed by atoms with Gasteiger partial charge in [-0.1, -0.05) is 0 Å². The molecular weight excluding hydrogens is 254 g/mol. The highest BCUT2D eigenvalue weighted by molar-refractivity contribution is 5.65. The van der Waals surface area contributed by atoms with Crippen molar-refractivity contribution in [2.45, 2.75) is 25.4 Å². The van der Waals surface area contributed by atoms with Crippen molar-refractivity contribution >= 4 is 6.09 Å². The number of hydrogen-bond acceptors (Lipinski definition) is 2. The Hall–Kier alpha value is -1.69. The van der Waals surface area contributed by atoms with Gasteiger partial charge in [0.05, 0.1) is 0 Å². The molecule has 1 amide bonds. The van der Waals surface area contributed by atoms with E-state index in [2.05, 4.69) is 5.32 Å². The SMILES string of the molecule is O=C(O)N(Cc1cc(F)cc(F)c1)C1CCNCC1. The molecule has 19 heavy (non-hydrogen) atoms. The topological polar surface area (TPSA) is 52.6 Å². The standard InChI is InChI=1S/C13H16F2N2O2/c14-10-5-9(6-11(15)7-10)8-17(13(18)19)12-1-3-16-4-2-12/h5-7,12,16H,1-4,8H2,(H,18,19). The summed E-state index contributed by atoms with van der Waals surface area (Å²) in [5.41, 5.74) is 0.332. The van der Waals surface area contributed by atoms with Crippen molar-refractivity contribution < 1.29 is 18.7 Å². The molecule has 1 aliphatic heterocycles. The van der Waals surface area contributed by atoms with Crippen LogP contribution in [0.4, 0.5) is 13.6 Å². The molecule has 0 atom stereocenters. The average molecular weight is 270 g/mol. The van der Waals surface area contributed by atoms with Gasteiger partial charge in [-0.15, -0.1) is 0 Å². The maximum Gasteiger partial charge on any atom is 0.407 e. The van der Waals surface area contributed by atoms with Gasteiger partial charge in [-0.2, -0.15) is 0 Å². The minimum Gasteiger partial charge on any atom is -0.465 e. The molecule has 0 radical (unpaired) electrons. The highest BCUT2D eigenvalue weighted by Gasteiger charge is 2.25. The largest absolute Gasteiger partial charge is 0.465 e. The minimum atomic E-state index is -1.06. The van der Waals surface area contributed by atoms with E-state index < -0.39 is 17.7 Å². The molecule has 1 fully saturated rings. The molecule has 0 spiro atoms. The lowest BCUT2D eigenvalue weighted by atomic mass is 10.0. The quantitative estimate of drug-likeness (QED) is 0.885. The van der Waals surface area contributed by atoms with Crippen LogP contribution in [0.1, 0.15) is 18.4 Å². The molecule has 1 aromatic rings. The second kappa shape index (κ2) is 5.97. The van der Waals surface area contributed by atoms with E-state index in [1.54, 1.807) is 0 Å². The lowest BCUT2D eigenvalue weighted by Gasteiger charge is -2.32. The van der Waals surface area contributed by atoms with Gasteiger partial charge < -0.3 is 15.3 Å². The zero-order valence-corrected chi connectivity index (χ0v) is 10.4. The molecule has 0 bridgehead atoms. The van der Waals surface area contributed by atoms with E-state index in [-0.39, 0.29) is 12.6 Å². The Kier molecular flexibility index (Phi) is 4.31.